The number of aromatic nitrogens is 4. The average Bonchev–Trinajstić information content (AvgIpc) is 3.34. The molecular weight excluding hydrogens is 439 g/mol. The number of hydrogen-bond acceptors (Lipinski definition) is 9. The Labute approximate surface area is 196 Å². The van der Waals surface area contributed by atoms with Crippen molar-refractivity contribution in [1.82, 2.24) is 25.5 Å². The van der Waals surface area contributed by atoms with Crippen LogP contribution in [-0.4, -0.2) is 63.4 Å². The van der Waals surface area contributed by atoms with E-state index in [1.165, 1.54) is 0 Å². The van der Waals surface area contributed by atoms with Gasteiger partial charge in [0.25, 0.3) is 5.88 Å². The van der Waals surface area contributed by atoms with Crippen LogP contribution in [0.3, 0.4) is 0 Å². The number of alkyl halides is 1. The summed E-state index contributed by atoms with van der Waals surface area (Å²) in [7, 11) is 1.84. The van der Waals surface area contributed by atoms with Crippen molar-refractivity contribution in [3.8, 4) is 39.9 Å². The minimum Gasteiger partial charge on any atom is -0.507 e. The highest BCUT2D eigenvalue weighted by Crippen LogP contribution is 2.37. The predicted octanol–water partition coefficient (Wildman–Crippen LogP) is 3.09. The van der Waals surface area contributed by atoms with Crippen LogP contribution >= 0.6 is 0 Å². The summed E-state index contributed by atoms with van der Waals surface area (Å²) >= 11 is 0. The summed E-state index contributed by atoms with van der Waals surface area (Å²) in [6.45, 7) is 0.149. The zero-order chi connectivity index (χ0) is 23.2. The van der Waals surface area contributed by atoms with Crippen LogP contribution in [0.5, 0.6) is 17.4 Å². The highest BCUT2D eigenvalue weighted by molar-refractivity contribution is 5.73. The highest BCUT2D eigenvalue weighted by Gasteiger charge is 2.42. The molecule has 9 nitrogen and oxygen atoms in total. The quantitative estimate of drug-likeness (QED) is 0.602. The first kappa shape index (κ1) is 21.0. The van der Waals surface area contributed by atoms with Crippen molar-refractivity contribution in [3.63, 3.8) is 0 Å². The van der Waals surface area contributed by atoms with Crippen molar-refractivity contribution in [3.05, 3.63) is 36.7 Å². The van der Waals surface area contributed by atoms with Gasteiger partial charge in [-0.25, -0.2) is 14.4 Å². The predicted molar refractivity (Wildman–Crippen MR) is 123 cm³/mol. The van der Waals surface area contributed by atoms with Gasteiger partial charge in [-0.2, -0.15) is 0 Å². The molecule has 2 bridgehead atoms. The fourth-order valence-electron chi connectivity index (χ4n) is 5.13. The second-order valence-corrected chi connectivity index (χ2v) is 9.07. The Hall–Kier alpha value is -3.53. The molecule has 0 unspecified atom stereocenters. The van der Waals surface area contributed by atoms with Crippen molar-refractivity contribution in [2.75, 3.05) is 18.7 Å². The summed E-state index contributed by atoms with van der Waals surface area (Å²) in [4.78, 5) is 10.5. The fourth-order valence-corrected chi connectivity index (χ4v) is 5.13. The Bertz CT molecular complexity index is 1210. The van der Waals surface area contributed by atoms with Gasteiger partial charge in [0, 0.05) is 30.9 Å². The lowest BCUT2D eigenvalue weighted by Crippen LogP contribution is -2.61. The maximum Gasteiger partial charge on any atom is 0.260 e. The molecule has 3 aliphatic rings. The molecule has 2 aromatic heterocycles. The molecule has 2 saturated heterocycles. The molecule has 0 saturated carbocycles. The number of anilines is 1. The highest BCUT2D eigenvalue weighted by atomic mass is 19.1. The van der Waals surface area contributed by atoms with Crippen LogP contribution in [0.1, 0.15) is 25.7 Å². The number of nitrogens with zero attached hydrogens (tertiary/aromatic N) is 5. The number of fused-ring (bicyclic) bond motifs is 3. The van der Waals surface area contributed by atoms with Gasteiger partial charge in [0.05, 0.1) is 17.8 Å². The molecule has 2 fully saturated rings. The van der Waals surface area contributed by atoms with E-state index in [1.807, 2.05) is 24.1 Å². The second kappa shape index (κ2) is 8.35. The number of phenols is 1. The summed E-state index contributed by atoms with van der Waals surface area (Å²) in [6, 6.07) is 7.00. The number of rotatable bonds is 4. The van der Waals surface area contributed by atoms with Crippen LogP contribution in [-0.2, 0) is 0 Å². The first-order valence-corrected chi connectivity index (χ1v) is 11.5. The topological polar surface area (TPSA) is 106 Å². The lowest BCUT2D eigenvalue weighted by atomic mass is 9.82. The molecule has 3 aromatic rings. The van der Waals surface area contributed by atoms with Crippen LogP contribution in [0.2, 0.25) is 0 Å². The first-order valence-electron chi connectivity index (χ1n) is 11.5. The van der Waals surface area contributed by atoms with E-state index in [0.717, 1.165) is 36.8 Å². The molecule has 34 heavy (non-hydrogen) atoms. The van der Waals surface area contributed by atoms with E-state index in [2.05, 4.69) is 25.5 Å². The SMILES string of the molecule is CN(c1cnc(-c2ccc(-c3cnc4c(c3)OCO4)cc2O)nn1)[C@@H]1C[C@@H]2CCC[C@H](N2)[C@@H]1F. The smallest absolute Gasteiger partial charge is 0.260 e. The summed E-state index contributed by atoms with van der Waals surface area (Å²) in [5, 5.41) is 22.6. The number of benzene rings is 1. The van der Waals surface area contributed by atoms with E-state index in [0.29, 0.717) is 34.9 Å². The van der Waals surface area contributed by atoms with Gasteiger partial charge in [-0.15, -0.1) is 10.2 Å². The Morgan fingerprint density at radius 1 is 1.09 bits per heavy atom. The van der Waals surface area contributed by atoms with Gasteiger partial charge in [-0.3, -0.25) is 0 Å². The van der Waals surface area contributed by atoms with Gasteiger partial charge in [0.15, 0.2) is 17.4 Å². The maximum atomic E-state index is 15.1. The standard InChI is InChI=1S/C24H25FN6O3/c1-31(18-9-15-3-2-4-17(28-15)22(18)25)21-11-26-23(30-29-21)16-6-5-13(7-19(16)32)14-8-20-24(27-10-14)34-12-33-20/h5-8,10-11,15,17-18,22,28,32H,2-4,9,12H2,1H3/t15-,17-,18+,22-/m0/s1. The Balaban J connectivity index is 1.21. The van der Waals surface area contributed by atoms with E-state index in [9.17, 15) is 5.11 Å². The number of ether oxygens (including phenoxy) is 2. The summed E-state index contributed by atoms with van der Waals surface area (Å²) in [6.07, 6.45) is 6.03. The molecule has 6 rings (SSSR count). The van der Waals surface area contributed by atoms with Crippen molar-refractivity contribution in [1.29, 1.82) is 0 Å². The molecule has 5 heterocycles. The molecule has 2 N–H and O–H groups in total. The Kier molecular flexibility index (Phi) is 5.17. The maximum absolute atomic E-state index is 15.1. The number of aromatic hydroxyl groups is 1. The molecule has 4 atom stereocenters. The third kappa shape index (κ3) is 3.67. The minimum atomic E-state index is -0.967. The molecule has 10 heteroatoms. The normalized spacial score (nSPS) is 25.2. The molecule has 3 aliphatic heterocycles. The van der Waals surface area contributed by atoms with Crippen LogP contribution in [0.25, 0.3) is 22.5 Å². The van der Waals surface area contributed by atoms with Gasteiger partial charge in [-0.05, 0) is 43.0 Å². The van der Waals surface area contributed by atoms with Crippen molar-refractivity contribution < 1.29 is 19.0 Å². The molecule has 1 aromatic carbocycles. The third-order valence-electron chi connectivity index (χ3n) is 7.00. The van der Waals surface area contributed by atoms with E-state index >= 15 is 4.39 Å². The molecular formula is C24H25FN6O3. The van der Waals surface area contributed by atoms with Crippen molar-refractivity contribution >= 4 is 5.82 Å². The van der Waals surface area contributed by atoms with Crippen LogP contribution in [0, 0.1) is 0 Å². The van der Waals surface area contributed by atoms with Gasteiger partial charge >= 0.3 is 0 Å². The van der Waals surface area contributed by atoms with Crippen LogP contribution < -0.4 is 19.7 Å². The Morgan fingerprint density at radius 3 is 2.82 bits per heavy atom. The summed E-state index contributed by atoms with van der Waals surface area (Å²) in [5.41, 5.74) is 2.01. The van der Waals surface area contributed by atoms with E-state index in [1.54, 1.807) is 24.5 Å². The minimum absolute atomic E-state index is 0.0214. The molecule has 0 amide bonds. The average molecular weight is 465 g/mol. The van der Waals surface area contributed by atoms with Gasteiger partial charge in [-0.1, -0.05) is 12.5 Å². The monoisotopic (exact) mass is 464 g/mol. The van der Waals surface area contributed by atoms with Crippen LogP contribution in [0.15, 0.2) is 36.7 Å². The van der Waals surface area contributed by atoms with Crippen molar-refractivity contribution in [2.45, 2.75) is 50.0 Å². The molecule has 176 valence electrons. The second-order valence-electron chi connectivity index (χ2n) is 9.07. The van der Waals surface area contributed by atoms with Gasteiger partial charge < -0.3 is 24.8 Å². The molecule has 0 spiro atoms. The van der Waals surface area contributed by atoms with Crippen LogP contribution in [0.4, 0.5) is 10.2 Å². The molecule has 0 radical (unpaired) electrons. The van der Waals surface area contributed by atoms with E-state index in [-0.39, 0.29) is 24.6 Å². The molecule has 0 aliphatic carbocycles. The van der Waals surface area contributed by atoms with E-state index < -0.39 is 6.17 Å². The zero-order valence-electron chi connectivity index (χ0n) is 18.7. The number of halogens is 1. The largest absolute Gasteiger partial charge is 0.507 e. The third-order valence-corrected chi connectivity index (χ3v) is 7.00. The fraction of sp³-hybridized carbons (Fsp3) is 0.417. The Morgan fingerprint density at radius 2 is 2.00 bits per heavy atom. The lowest BCUT2D eigenvalue weighted by molar-refractivity contribution is 0.107. The van der Waals surface area contributed by atoms with Gasteiger partial charge in [0.1, 0.15) is 11.9 Å². The van der Waals surface area contributed by atoms with E-state index in [4.69, 9.17) is 9.47 Å². The number of nitrogens with one attached hydrogen (secondary N) is 1. The zero-order valence-corrected chi connectivity index (χ0v) is 18.7. The number of pyridine rings is 1. The number of hydrogen-bond donors (Lipinski definition) is 2. The summed E-state index contributed by atoms with van der Waals surface area (Å²) in [5.74, 6) is 1.86. The summed E-state index contributed by atoms with van der Waals surface area (Å²) < 4.78 is 25.7. The number of phenolic OH excluding ortho intramolecular Hbond substituents is 1. The first-order chi connectivity index (χ1) is 16.6. The van der Waals surface area contributed by atoms with Crippen molar-refractivity contribution in [2.24, 2.45) is 0 Å². The number of piperidine rings is 2. The lowest BCUT2D eigenvalue weighted by Gasteiger charge is -2.45. The van der Waals surface area contributed by atoms with Gasteiger partial charge in [0.2, 0.25) is 6.79 Å².